The molecule has 1 aromatic carbocycles. The lowest BCUT2D eigenvalue weighted by molar-refractivity contribution is -0.383. The van der Waals surface area contributed by atoms with Gasteiger partial charge in [-0.05, 0) is 43.4 Å². The van der Waals surface area contributed by atoms with Crippen molar-refractivity contribution in [3.63, 3.8) is 0 Å². The Hall–Kier alpha value is -1.66. The molecule has 0 radical (unpaired) electrons. The van der Waals surface area contributed by atoms with Crippen LogP contribution in [0.4, 0.5) is 11.4 Å². The van der Waals surface area contributed by atoms with Crippen molar-refractivity contribution in [2.75, 3.05) is 25.4 Å². The molecule has 0 amide bonds. The summed E-state index contributed by atoms with van der Waals surface area (Å²) in [6, 6.07) is 4.93. The zero-order chi connectivity index (χ0) is 14.5. The smallest absolute Gasteiger partial charge is 0.292 e. The first-order valence-corrected chi connectivity index (χ1v) is 6.96. The largest absolute Gasteiger partial charge is 0.396 e. The first-order valence-electron chi connectivity index (χ1n) is 6.96. The van der Waals surface area contributed by atoms with Gasteiger partial charge in [0, 0.05) is 25.8 Å². The second kappa shape index (κ2) is 6.67. The summed E-state index contributed by atoms with van der Waals surface area (Å²) in [7, 11) is 0. The van der Waals surface area contributed by atoms with Gasteiger partial charge in [0.25, 0.3) is 5.69 Å². The maximum absolute atomic E-state index is 10.7. The SMILES string of the molecule is Nc1cc(CN2CCCC(CCO)C2)ccc1[N+](=O)[O-]. The van der Waals surface area contributed by atoms with Gasteiger partial charge in [0.2, 0.25) is 0 Å². The molecule has 0 aromatic heterocycles. The molecule has 1 aliphatic heterocycles. The van der Waals surface area contributed by atoms with Gasteiger partial charge in [0.1, 0.15) is 5.69 Å². The molecule has 1 saturated heterocycles. The van der Waals surface area contributed by atoms with Crippen molar-refractivity contribution in [2.24, 2.45) is 5.92 Å². The Labute approximate surface area is 118 Å². The highest BCUT2D eigenvalue weighted by molar-refractivity contribution is 5.59. The topological polar surface area (TPSA) is 92.6 Å². The van der Waals surface area contributed by atoms with Crippen LogP contribution in [0.25, 0.3) is 0 Å². The Morgan fingerprint density at radius 3 is 2.95 bits per heavy atom. The monoisotopic (exact) mass is 279 g/mol. The average Bonchev–Trinajstić information content (AvgIpc) is 2.39. The summed E-state index contributed by atoms with van der Waals surface area (Å²) in [5.74, 6) is 0.546. The predicted octanol–water partition coefficient (Wildman–Crippen LogP) is 1.77. The Kier molecular flexibility index (Phi) is 4.92. The van der Waals surface area contributed by atoms with E-state index in [4.69, 9.17) is 10.8 Å². The van der Waals surface area contributed by atoms with Crippen LogP contribution in [0.3, 0.4) is 0 Å². The fraction of sp³-hybridized carbons (Fsp3) is 0.571. The summed E-state index contributed by atoms with van der Waals surface area (Å²) >= 11 is 0. The molecule has 0 saturated carbocycles. The molecule has 6 heteroatoms. The highest BCUT2D eigenvalue weighted by atomic mass is 16.6. The van der Waals surface area contributed by atoms with E-state index < -0.39 is 4.92 Å². The number of nitrogen functional groups attached to an aromatic ring is 1. The number of aliphatic hydroxyl groups excluding tert-OH is 1. The van der Waals surface area contributed by atoms with Crippen molar-refractivity contribution in [1.82, 2.24) is 4.90 Å². The second-order valence-electron chi connectivity index (χ2n) is 5.41. The number of rotatable bonds is 5. The van der Waals surface area contributed by atoms with Crippen molar-refractivity contribution in [3.05, 3.63) is 33.9 Å². The van der Waals surface area contributed by atoms with Gasteiger partial charge in [0.15, 0.2) is 0 Å². The zero-order valence-corrected chi connectivity index (χ0v) is 11.5. The van der Waals surface area contributed by atoms with E-state index in [2.05, 4.69) is 4.90 Å². The maximum Gasteiger partial charge on any atom is 0.292 e. The summed E-state index contributed by atoms with van der Waals surface area (Å²) in [5, 5.41) is 19.7. The van der Waals surface area contributed by atoms with E-state index in [0.717, 1.165) is 38.0 Å². The first-order chi connectivity index (χ1) is 9.60. The summed E-state index contributed by atoms with van der Waals surface area (Å²) in [6.07, 6.45) is 3.14. The summed E-state index contributed by atoms with van der Waals surface area (Å²) < 4.78 is 0. The lowest BCUT2D eigenvalue weighted by atomic mass is 9.95. The molecule has 1 unspecified atom stereocenters. The van der Waals surface area contributed by atoms with E-state index in [-0.39, 0.29) is 18.0 Å². The Morgan fingerprint density at radius 2 is 2.30 bits per heavy atom. The highest BCUT2D eigenvalue weighted by Gasteiger charge is 2.20. The minimum atomic E-state index is -0.461. The number of likely N-dealkylation sites (tertiary alicyclic amines) is 1. The van der Waals surface area contributed by atoms with E-state index in [9.17, 15) is 10.1 Å². The first kappa shape index (κ1) is 14.7. The van der Waals surface area contributed by atoms with Crippen LogP contribution in [0.5, 0.6) is 0 Å². The molecule has 1 atom stereocenters. The molecule has 0 spiro atoms. The third kappa shape index (κ3) is 3.68. The summed E-state index contributed by atoms with van der Waals surface area (Å²) in [6.45, 7) is 2.99. The zero-order valence-electron chi connectivity index (χ0n) is 11.5. The molecule has 110 valence electrons. The molecule has 1 aliphatic rings. The minimum absolute atomic E-state index is 0.0365. The van der Waals surface area contributed by atoms with Gasteiger partial charge in [-0.25, -0.2) is 0 Å². The van der Waals surface area contributed by atoms with E-state index in [1.807, 2.05) is 0 Å². The number of benzene rings is 1. The molecule has 3 N–H and O–H groups in total. The van der Waals surface area contributed by atoms with Gasteiger partial charge in [-0.1, -0.05) is 6.07 Å². The molecular formula is C14H21N3O3. The van der Waals surface area contributed by atoms with Crippen LogP contribution in [-0.2, 0) is 6.54 Å². The van der Waals surface area contributed by atoms with E-state index in [1.54, 1.807) is 12.1 Å². The van der Waals surface area contributed by atoms with Crippen LogP contribution in [0.1, 0.15) is 24.8 Å². The molecule has 0 bridgehead atoms. The molecule has 20 heavy (non-hydrogen) atoms. The van der Waals surface area contributed by atoms with Crippen molar-refractivity contribution in [3.8, 4) is 0 Å². The number of nitro benzene ring substituents is 1. The van der Waals surface area contributed by atoms with Crippen molar-refractivity contribution < 1.29 is 10.0 Å². The fourth-order valence-electron chi connectivity index (χ4n) is 2.84. The number of aliphatic hydroxyl groups is 1. The second-order valence-corrected chi connectivity index (χ2v) is 5.41. The van der Waals surface area contributed by atoms with Crippen LogP contribution >= 0.6 is 0 Å². The van der Waals surface area contributed by atoms with Crippen molar-refractivity contribution in [2.45, 2.75) is 25.8 Å². The Morgan fingerprint density at radius 1 is 1.50 bits per heavy atom. The van der Waals surface area contributed by atoms with E-state index in [1.165, 1.54) is 12.5 Å². The van der Waals surface area contributed by atoms with Crippen LogP contribution in [0, 0.1) is 16.0 Å². The molecule has 2 rings (SSSR count). The number of hydrogen-bond donors (Lipinski definition) is 2. The summed E-state index contributed by atoms with van der Waals surface area (Å²) in [5.41, 5.74) is 6.89. The number of anilines is 1. The number of nitro groups is 1. The van der Waals surface area contributed by atoms with Gasteiger partial charge < -0.3 is 10.8 Å². The Balaban J connectivity index is 1.99. The quantitative estimate of drug-likeness (QED) is 0.487. The normalized spacial score (nSPS) is 19.9. The third-order valence-electron chi connectivity index (χ3n) is 3.84. The van der Waals surface area contributed by atoms with Crippen molar-refractivity contribution in [1.29, 1.82) is 0 Å². The molecule has 6 nitrogen and oxygen atoms in total. The lowest BCUT2D eigenvalue weighted by Gasteiger charge is -2.32. The van der Waals surface area contributed by atoms with E-state index in [0.29, 0.717) is 5.92 Å². The number of piperidine rings is 1. The minimum Gasteiger partial charge on any atom is -0.396 e. The van der Waals surface area contributed by atoms with Crippen LogP contribution in [-0.4, -0.2) is 34.6 Å². The highest BCUT2D eigenvalue weighted by Crippen LogP contribution is 2.25. The van der Waals surface area contributed by atoms with Gasteiger partial charge in [-0.15, -0.1) is 0 Å². The van der Waals surface area contributed by atoms with Gasteiger partial charge in [-0.2, -0.15) is 0 Å². The third-order valence-corrected chi connectivity index (χ3v) is 3.84. The van der Waals surface area contributed by atoms with E-state index >= 15 is 0 Å². The number of nitrogens with zero attached hydrogens (tertiary/aromatic N) is 2. The van der Waals surface area contributed by atoms with Crippen LogP contribution < -0.4 is 5.73 Å². The maximum atomic E-state index is 10.7. The van der Waals surface area contributed by atoms with Gasteiger partial charge in [0.05, 0.1) is 4.92 Å². The van der Waals surface area contributed by atoms with Crippen molar-refractivity contribution >= 4 is 11.4 Å². The lowest BCUT2D eigenvalue weighted by Crippen LogP contribution is -2.35. The molecule has 1 fully saturated rings. The molecule has 1 aromatic rings. The Bertz CT molecular complexity index is 477. The molecule has 0 aliphatic carbocycles. The number of nitrogens with two attached hydrogens (primary N) is 1. The molecule has 1 heterocycles. The standard InChI is InChI=1S/C14H21N3O3/c15-13-8-12(3-4-14(13)17(19)20)10-16-6-1-2-11(9-16)5-7-18/h3-4,8,11,18H,1-2,5-7,9-10,15H2. The summed E-state index contributed by atoms with van der Waals surface area (Å²) in [4.78, 5) is 12.6. The van der Waals surface area contributed by atoms with Crippen LogP contribution in [0.2, 0.25) is 0 Å². The average molecular weight is 279 g/mol. The van der Waals surface area contributed by atoms with Gasteiger partial charge >= 0.3 is 0 Å². The fourth-order valence-corrected chi connectivity index (χ4v) is 2.84. The van der Waals surface area contributed by atoms with Gasteiger partial charge in [-0.3, -0.25) is 15.0 Å². The predicted molar refractivity (Wildman–Crippen MR) is 77.2 cm³/mol. The molecular weight excluding hydrogens is 258 g/mol. The number of hydrogen-bond acceptors (Lipinski definition) is 5. The van der Waals surface area contributed by atoms with Crippen LogP contribution in [0.15, 0.2) is 18.2 Å².